The molecule has 2 aliphatic rings. The summed E-state index contributed by atoms with van der Waals surface area (Å²) in [6, 6.07) is 6.11. The molecule has 5 heteroatoms. The highest BCUT2D eigenvalue weighted by Crippen LogP contribution is 2.37. The summed E-state index contributed by atoms with van der Waals surface area (Å²) < 4.78 is 31.0. The lowest BCUT2D eigenvalue weighted by Gasteiger charge is -2.38. The predicted molar refractivity (Wildman–Crippen MR) is 86.6 cm³/mol. The van der Waals surface area contributed by atoms with Gasteiger partial charge in [-0.15, -0.1) is 0 Å². The molecule has 1 saturated carbocycles. The molecule has 0 aromatic heterocycles. The van der Waals surface area contributed by atoms with E-state index in [0.717, 1.165) is 37.1 Å². The van der Waals surface area contributed by atoms with Crippen LogP contribution in [0.25, 0.3) is 0 Å². The van der Waals surface area contributed by atoms with Crippen LogP contribution in [0.2, 0.25) is 0 Å². The Morgan fingerprint density at radius 3 is 2.83 bits per heavy atom. The SMILES string of the molecule is COc1cc(CCN[C@H]2CCC3(C[C@@H]2F)OCCO3)ccc1C. The number of aryl methyl sites for hydroxylation is 1. The van der Waals surface area contributed by atoms with Crippen molar-refractivity contribution in [2.24, 2.45) is 0 Å². The van der Waals surface area contributed by atoms with Crippen LogP contribution in [0, 0.1) is 6.92 Å². The van der Waals surface area contributed by atoms with Gasteiger partial charge in [-0.25, -0.2) is 4.39 Å². The Bertz CT molecular complexity index is 531. The molecule has 1 aliphatic carbocycles. The zero-order valence-corrected chi connectivity index (χ0v) is 13.9. The van der Waals surface area contributed by atoms with Gasteiger partial charge in [0.2, 0.25) is 0 Å². The van der Waals surface area contributed by atoms with Gasteiger partial charge in [0, 0.05) is 18.9 Å². The smallest absolute Gasteiger partial charge is 0.171 e. The van der Waals surface area contributed by atoms with Crippen LogP contribution in [0.1, 0.15) is 30.4 Å². The molecule has 3 rings (SSSR count). The molecule has 0 radical (unpaired) electrons. The number of nitrogens with one attached hydrogen (secondary N) is 1. The third kappa shape index (κ3) is 3.84. The lowest BCUT2D eigenvalue weighted by molar-refractivity contribution is -0.192. The molecule has 1 spiro atoms. The standard InChI is InChI=1S/C18H26FNO3/c1-13-3-4-14(11-17(13)21-2)6-8-20-16-5-7-18(12-15(16)19)22-9-10-23-18/h3-4,11,15-16,20H,5-10,12H2,1-2H3/t15-,16-/m0/s1. The van der Waals surface area contributed by atoms with Gasteiger partial charge in [-0.05, 0) is 43.5 Å². The Morgan fingerprint density at radius 2 is 2.13 bits per heavy atom. The predicted octanol–water partition coefficient (Wildman–Crippen LogP) is 2.77. The van der Waals surface area contributed by atoms with Crippen molar-refractivity contribution in [1.82, 2.24) is 5.32 Å². The molecule has 1 saturated heterocycles. The van der Waals surface area contributed by atoms with Crippen molar-refractivity contribution in [3.8, 4) is 5.75 Å². The molecule has 128 valence electrons. The molecule has 4 nitrogen and oxygen atoms in total. The lowest BCUT2D eigenvalue weighted by Crippen LogP contribution is -2.49. The van der Waals surface area contributed by atoms with E-state index in [9.17, 15) is 4.39 Å². The fourth-order valence-corrected chi connectivity index (χ4v) is 3.51. The van der Waals surface area contributed by atoms with Crippen LogP contribution in [0.3, 0.4) is 0 Å². The first-order valence-electron chi connectivity index (χ1n) is 8.41. The molecule has 1 aliphatic heterocycles. The Balaban J connectivity index is 1.47. The van der Waals surface area contributed by atoms with E-state index < -0.39 is 12.0 Å². The van der Waals surface area contributed by atoms with E-state index in [1.807, 2.05) is 6.92 Å². The van der Waals surface area contributed by atoms with Crippen LogP contribution >= 0.6 is 0 Å². The average Bonchev–Trinajstić information content (AvgIpc) is 2.99. The summed E-state index contributed by atoms with van der Waals surface area (Å²) in [7, 11) is 1.68. The topological polar surface area (TPSA) is 39.7 Å². The van der Waals surface area contributed by atoms with Crippen LogP contribution in [0.5, 0.6) is 5.75 Å². The van der Waals surface area contributed by atoms with E-state index in [2.05, 4.69) is 23.5 Å². The second-order valence-corrected chi connectivity index (χ2v) is 6.48. The van der Waals surface area contributed by atoms with Crippen molar-refractivity contribution in [2.45, 2.75) is 50.6 Å². The van der Waals surface area contributed by atoms with E-state index in [1.165, 1.54) is 5.56 Å². The van der Waals surface area contributed by atoms with Gasteiger partial charge in [0.1, 0.15) is 11.9 Å². The highest BCUT2D eigenvalue weighted by Gasteiger charge is 2.45. The fourth-order valence-electron chi connectivity index (χ4n) is 3.51. The number of hydrogen-bond acceptors (Lipinski definition) is 4. The first-order chi connectivity index (χ1) is 11.1. The van der Waals surface area contributed by atoms with E-state index in [4.69, 9.17) is 14.2 Å². The third-order valence-electron chi connectivity index (χ3n) is 4.89. The molecule has 1 N–H and O–H groups in total. The summed E-state index contributed by atoms with van der Waals surface area (Å²) in [5.74, 6) is 0.253. The van der Waals surface area contributed by atoms with Gasteiger partial charge in [-0.3, -0.25) is 0 Å². The number of hydrogen-bond donors (Lipinski definition) is 1. The van der Waals surface area contributed by atoms with Gasteiger partial charge in [0.15, 0.2) is 5.79 Å². The summed E-state index contributed by atoms with van der Waals surface area (Å²) in [6.07, 6.45) is 1.79. The maximum atomic E-state index is 14.4. The normalized spacial score (nSPS) is 26.6. The maximum Gasteiger partial charge on any atom is 0.171 e. The number of rotatable bonds is 5. The lowest BCUT2D eigenvalue weighted by atomic mass is 9.88. The largest absolute Gasteiger partial charge is 0.496 e. The van der Waals surface area contributed by atoms with Crippen LogP contribution < -0.4 is 10.1 Å². The zero-order chi connectivity index (χ0) is 16.3. The Morgan fingerprint density at radius 1 is 1.35 bits per heavy atom. The van der Waals surface area contributed by atoms with Crippen molar-refractivity contribution >= 4 is 0 Å². The van der Waals surface area contributed by atoms with E-state index in [-0.39, 0.29) is 6.04 Å². The summed E-state index contributed by atoms with van der Waals surface area (Å²) in [5, 5.41) is 3.35. The Hall–Kier alpha value is -1.17. The molecule has 1 aromatic carbocycles. The Kier molecular flexibility index (Phi) is 5.19. The van der Waals surface area contributed by atoms with Crippen molar-refractivity contribution in [2.75, 3.05) is 26.9 Å². The van der Waals surface area contributed by atoms with Crippen LogP contribution in [-0.4, -0.2) is 44.9 Å². The molecule has 1 aromatic rings. The minimum atomic E-state index is -0.922. The van der Waals surface area contributed by atoms with Crippen LogP contribution in [0.4, 0.5) is 4.39 Å². The third-order valence-corrected chi connectivity index (χ3v) is 4.89. The number of halogens is 1. The second-order valence-electron chi connectivity index (χ2n) is 6.48. The summed E-state index contributed by atoms with van der Waals surface area (Å²) in [4.78, 5) is 0. The first kappa shape index (κ1) is 16.7. The zero-order valence-electron chi connectivity index (χ0n) is 13.9. The van der Waals surface area contributed by atoms with Crippen LogP contribution in [0.15, 0.2) is 18.2 Å². The van der Waals surface area contributed by atoms with E-state index in [0.29, 0.717) is 19.6 Å². The quantitative estimate of drug-likeness (QED) is 0.904. The van der Waals surface area contributed by atoms with Gasteiger partial charge in [0.25, 0.3) is 0 Å². The molecule has 0 bridgehead atoms. The van der Waals surface area contributed by atoms with Crippen LogP contribution in [-0.2, 0) is 15.9 Å². The fraction of sp³-hybridized carbons (Fsp3) is 0.667. The molecule has 1 heterocycles. The molecule has 0 amide bonds. The first-order valence-corrected chi connectivity index (χ1v) is 8.41. The number of benzene rings is 1. The molecule has 0 unspecified atom stereocenters. The van der Waals surface area contributed by atoms with Crippen molar-refractivity contribution < 1.29 is 18.6 Å². The van der Waals surface area contributed by atoms with Crippen molar-refractivity contribution in [3.63, 3.8) is 0 Å². The molecular formula is C18H26FNO3. The molecule has 2 atom stereocenters. The maximum absolute atomic E-state index is 14.4. The second kappa shape index (κ2) is 7.16. The van der Waals surface area contributed by atoms with Gasteiger partial charge in [0.05, 0.1) is 20.3 Å². The summed E-state index contributed by atoms with van der Waals surface area (Å²) in [5.41, 5.74) is 2.33. The van der Waals surface area contributed by atoms with Gasteiger partial charge < -0.3 is 19.5 Å². The summed E-state index contributed by atoms with van der Waals surface area (Å²) in [6.45, 7) is 3.95. The molecular weight excluding hydrogens is 297 g/mol. The summed E-state index contributed by atoms with van der Waals surface area (Å²) >= 11 is 0. The molecule has 2 fully saturated rings. The minimum Gasteiger partial charge on any atom is -0.496 e. The van der Waals surface area contributed by atoms with Gasteiger partial charge >= 0.3 is 0 Å². The highest BCUT2D eigenvalue weighted by molar-refractivity contribution is 5.36. The number of ether oxygens (including phenoxy) is 3. The average molecular weight is 323 g/mol. The van der Waals surface area contributed by atoms with E-state index in [1.54, 1.807) is 7.11 Å². The minimum absolute atomic E-state index is 0.110. The van der Waals surface area contributed by atoms with Gasteiger partial charge in [-0.2, -0.15) is 0 Å². The van der Waals surface area contributed by atoms with Crippen molar-refractivity contribution in [3.05, 3.63) is 29.3 Å². The van der Waals surface area contributed by atoms with Gasteiger partial charge in [-0.1, -0.05) is 12.1 Å². The van der Waals surface area contributed by atoms with Crippen molar-refractivity contribution in [1.29, 1.82) is 0 Å². The molecule has 23 heavy (non-hydrogen) atoms. The number of alkyl halides is 1. The Labute approximate surface area is 137 Å². The monoisotopic (exact) mass is 323 g/mol. The highest BCUT2D eigenvalue weighted by atomic mass is 19.1. The number of methoxy groups -OCH3 is 1. The van der Waals surface area contributed by atoms with E-state index >= 15 is 0 Å².